The molecule has 3 rings (SSSR count). The Morgan fingerprint density at radius 1 is 1.23 bits per heavy atom. The topological polar surface area (TPSA) is 66.9 Å². The summed E-state index contributed by atoms with van der Waals surface area (Å²) < 4.78 is 26.4. The summed E-state index contributed by atoms with van der Waals surface area (Å²) in [5, 5.41) is 5.49. The van der Waals surface area contributed by atoms with Crippen molar-refractivity contribution in [3.8, 4) is 0 Å². The van der Waals surface area contributed by atoms with E-state index in [9.17, 15) is 13.6 Å². The molecule has 0 bridgehead atoms. The first-order chi connectivity index (χ1) is 10.5. The van der Waals surface area contributed by atoms with Gasteiger partial charge >= 0.3 is 0 Å². The van der Waals surface area contributed by atoms with Crippen molar-refractivity contribution >= 4 is 17.5 Å². The second-order valence-corrected chi connectivity index (χ2v) is 5.22. The molecule has 0 radical (unpaired) electrons. The van der Waals surface area contributed by atoms with Crippen LogP contribution in [0.3, 0.4) is 0 Å². The van der Waals surface area contributed by atoms with E-state index in [1.807, 2.05) is 0 Å². The zero-order valence-electron chi connectivity index (χ0n) is 11.9. The number of carbonyl (C=O) groups is 1. The Kier molecular flexibility index (Phi) is 3.70. The molecule has 1 heterocycles. The Morgan fingerprint density at radius 2 is 2.00 bits per heavy atom. The average Bonchev–Trinajstić information content (AvgIpc) is 3.25. The van der Waals surface area contributed by atoms with Gasteiger partial charge < -0.3 is 10.6 Å². The molecular weight excluding hydrogens is 290 g/mol. The molecule has 2 aromatic rings. The van der Waals surface area contributed by atoms with E-state index in [0.717, 1.165) is 18.9 Å². The first kappa shape index (κ1) is 14.4. The van der Waals surface area contributed by atoms with Gasteiger partial charge in [-0.15, -0.1) is 0 Å². The number of aromatic nitrogens is 2. The van der Waals surface area contributed by atoms with E-state index in [4.69, 9.17) is 0 Å². The molecule has 1 aliphatic carbocycles. The maximum absolute atomic E-state index is 13.6. The van der Waals surface area contributed by atoms with Crippen LogP contribution in [0.25, 0.3) is 0 Å². The minimum absolute atomic E-state index is 0.0978. The fourth-order valence-electron chi connectivity index (χ4n) is 1.94. The summed E-state index contributed by atoms with van der Waals surface area (Å²) in [7, 11) is 0. The van der Waals surface area contributed by atoms with E-state index < -0.39 is 17.5 Å². The SMILES string of the molecule is Cc1cc(C(=O)Nc2ccc(F)cc2F)nc(NC2CC2)n1. The van der Waals surface area contributed by atoms with Crippen LogP contribution in [0.4, 0.5) is 20.4 Å². The molecule has 1 amide bonds. The van der Waals surface area contributed by atoms with Crippen LogP contribution in [0.2, 0.25) is 0 Å². The highest BCUT2D eigenvalue weighted by Crippen LogP contribution is 2.23. The molecule has 22 heavy (non-hydrogen) atoms. The Bertz CT molecular complexity index is 731. The summed E-state index contributed by atoms with van der Waals surface area (Å²) >= 11 is 0. The van der Waals surface area contributed by atoms with Gasteiger partial charge in [0.25, 0.3) is 5.91 Å². The summed E-state index contributed by atoms with van der Waals surface area (Å²) in [4.78, 5) is 20.5. The summed E-state index contributed by atoms with van der Waals surface area (Å²) in [6.45, 7) is 1.75. The van der Waals surface area contributed by atoms with E-state index in [1.54, 1.807) is 6.92 Å². The molecule has 1 saturated carbocycles. The number of amides is 1. The van der Waals surface area contributed by atoms with Crippen LogP contribution in [0.1, 0.15) is 29.0 Å². The maximum Gasteiger partial charge on any atom is 0.274 e. The molecule has 114 valence electrons. The highest BCUT2D eigenvalue weighted by atomic mass is 19.1. The fourth-order valence-corrected chi connectivity index (χ4v) is 1.94. The van der Waals surface area contributed by atoms with Crippen molar-refractivity contribution in [2.45, 2.75) is 25.8 Å². The van der Waals surface area contributed by atoms with Crippen molar-refractivity contribution < 1.29 is 13.6 Å². The van der Waals surface area contributed by atoms with Gasteiger partial charge in [-0.3, -0.25) is 4.79 Å². The summed E-state index contributed by atoms with van der Waals surface area (Å²) in [5.74, 6) is -1.73. The van der Waals surface area contributed by atoms with Gasteiger partial charge in [-0.25, -0.2) is 18.7 Å². The number of anilines is 2. The lowest BCUT2D eigenvalue weighted by Crippen LogP contribution is -2.17. The minimum atomic E-state index is -0.838. The molecule has 0 spiro atoms. The predicted molar refractivity (Wildman–Crippen MR) is 77.7 cm³/mol. The quantitative estimate of drug-likeness (QED) is 0.911. The maximum atomic E-state index is 13.6. The van der Waals surface area contributed by atoms with E-state index in [2.05, 4.69) is 20.6 Å². The molecule has 0 unspecified atom stereocenters. The second-order valence-electron chi connectivity index (χ2n) is 5.22. The van der Waals surface area contributed by atoms with E-state index >= 15 is 0 Å². The van der Waals surface area contributed by atoms with Crippen molar-refractivity contribution in [2.75, 3.05) is 10.6 Å². The van der Waals surface area contributed by atoms with Gasteiger partial charge in [0.15, 0.2) is 0 Å². The highest BCUT2D eigenvalue weighted by Gasteiger charge is 2.22. The van der Waals surface area contributed by atoms with Crippen molar-refractivity contribution in [2.24, 2.45) is 0 Å². The Hall–Kier alpha value is -2.57. The molecule has 1 aliphatic rings. The van der Waals surface area contributed by atoms with Crippen LogP contribution in [-0.4, -0.2) is 21.9 Å². The minimum Gasteiger partial charge on any atom is -0.351 e. The first-order valence-electron chi connectivity index (χ1n) is 6.90. The monoisotopic (exact) mass is 304 g/mol. The first-order valence-corrected chi connectivity index (χ1v) is 6.90. The predicted octanol–water partition coefficient (Wildman–Crippen LogP) is 2.89. The standard InChI is InChI=1S/C15H14F2N4O/c1-8-6-13(21-15(18-8)19-10-3-4-10)14(22)20-12-5-2-9(16)7-11(12)17/h2,5-7,10H,3-4H2,1H3,(H,20,22)(H,18,19,21). The lowest BCUT2D eigenvalue weighted by Gasteiger charge is -2.09. The van der Waals surface area contributed by atoms with Crippen molar-refractivity contribution in [3.63, 3.8) is 0 Å². The van der Waals surface area contributed by atoms with E-state index in [-0.39, 0.29) is 11.4 Å². The van der Waals surface area contributed by atoms with Crippen molar-refractivity contribution in [1.82, 2.24) is 9.97 Å². The summed E-state index contributed by atoms with van der Waals surface area (Å²) in [6.07, 6.45) is 2.11. The number of nitrogens with zero attached hydrogens (tertiary/aromatic N) is 2. The zero-order valence-corrected chi connectivity index (χ0v) is 11.9. The Labute approximate surface area is 125 Å². The number of rotatable bonds is 4. The van der Waals surface area contributed by atoms with Crippen LogP contribution in [0, 0.1) is 18.6 Å². The van der Waals surface area contributed by atoms with Gasteiger partial charge in [-0.2, -0.15) is 0 Å². The third kappa shape index (κ3) is 3.36. The molecule has 0 aliphatic heterocycles. The van der Waals surface area contributed by atoms with Crippen LogP contribution >= 0.6 is 0 Å². The van der Waals surface area contributed by atoms with Gasteiger partial charge in [-0.05, 0) is 38.0 Å². The van der Waals surface area contributed by atoms with Gasteiger partial charge in [-0.1, -0.05) is 0 Å². The molecule has 0 saturated heterocycles. The normalized spacial score (nSPS) is 13.8. The van der Waals surface area contributed by atoms with Crippen LogP contribution in [0.15, 0.2) is 24.3 Å². The van der Waals surface area contributed by atoms with Crippen LogP contribution in [0.5, 0.6) is 0 Å². The number of nitrogens with one attached hydrogen (secondary N) is 2. The lowest BCUT2D eigenvalue weighted by atomic mass is 10.2. The van der Waals surface area contributed by atoms with Gasteiger partial charge in [0.05, 0.1) is 5.69 Å². The number of hydrogen-bond acceptors (Lipinski definition) is 4. The van der Waals surface area contributed by atoms with Gasteiger partial charge in [0.2, 0.25) is 5.95 Å². The molecule has 2 N–H and O–H groups in total. The van der Waals surface area contributed by atoms with Crippen molar-refractivity contribution in [3.05, 3.63) is 47.3 Å². The number of carbonyl (C=O) groups excluding carboxylic acids is 1. The highest BCUT2D eigenvalue weighted by molar-refractivity contribution is 6.03. The molecule has 1 fully saturated rings. The molecular formula is C15H14F2N4O. The second kappa shape index (κ2) is 5.67. The smallest absolute Gasteiger partial charge is 0.274 e. The fraction of sp³-hybridized carbons (Fsp3) is 0.267. The summed E-state index contributed by atoms with van der Waals surface area (Å²) in [6, 6.07) is 4.81. The molecule has 5 nitrogen and oxygen atoms in total. The van der Waals surface area contributed by atoms with Crippen molar-refractivity contribution in [1.29, 1.82) is 0 Å². The third-order valence-corrected chi connectivity index (χ3v) is 3.18. The Morgan fingerprint density at radius 3 is 2.68 bits per heavy atom. The molecule has 0 atom stereocenters. The van der Waals surface area contributed by atoms with Crippen LogP contribution in [-0.2, 0) is 0 Å². The number of benzene rings is 1. The molecule has 1 aromatic heterocycles. The largest absolute Gasteiger partial charge is 0.351 e. The zero-order chi connectivity index (χ0) is 15.7. The number of hydrogen-bond donors (Lipinski definition) is 2. The number of halogens is 2. The van der Waals surface area contributed by atoms with Gasteiger partial charge in [0.1, 0.15) is 17.3 Å². The van der Waals surface area contributed by atoms with E-state index in [0.29, 0.717) is 23.8 Å². The molecule has 7 heteroatoms. The number of aryl methyl sites for hydroxylation is 1. The summed E-state index contributed by atoms with van der Waals surface area (Å²) in [5.41, 5.74) is 0.654. The average molecular weight is 304 g/mol. The van der Waals surface area contributed by atoms with Gasteiger partial charge in [0, 0.05) is 17.8 Å². The Balaban J connectivity index is 1.80. The van der Waals surface area contributed by atoms with E-state index in [1.165, 1.54) is 12.1 Å². The molecule has 1 aromatic carbocycles. The van der Waals surface area contributed by atoms with Crippen LogP contribution < -0.4 is 10.6 Å². The lowest BCUT2D eigenvalue weighted by molar-refractivity contribution is 0.102. The third-order valence-electron chi connectivity index (χ3n) is 3.18.